The first-order valence-corrected chi connectivity index (χ1v) is 8.28. The lowest BCUT2D eigenvalue weighted by molar-refractivity contribution is -0.118. The monoisotopic (exact) mass is 320 g/mol. The molecule has 0 bridgehead atoms. The van der Waals surface area contributed by atoms with Gasteiger partial charge in [0.15, 0.2) is 0 Å². The zero-order valence-electron chi connectivity index (χ0n) is 11.6. The van der Waals surface area contributed by atoms with Crippen LogP contribution < -0.4 is 10.6 Å². The van der Waals surface area contributed by atoms with Gasteiger partial charge >= 0.3 is 0 Å². The largest absolute Gasteiger partial charge is 0.324 e. The molecule has 2 heterocycles. The predicted molar refractivity (Wildman–Crippen MR) is 88.2 cm³/mol. The van der Waals surface area contributed by atoms with Crippen molar-refractivity contribution in [1.29, 1.82) is 0 Å². The molecule has 2 N–H and O–H groups in total. The first-order valence-electron chi connectivity index (χ1n) is 7.09. The molecule has 2 aromatic rings. The molecule has 1 aromatic carbocycles. The minimum absolute atomic E-state index is 0.0594. The SMILES string of the molecule is O=C1Nc2ccccc2CCC1NCCc1ccc(Cl)s1. The van der Waals surface area contributed by atoms with E-state index >= 15 is 0 Å². The van der Waals surface area contributed by atoms with Gasteiger partial charge in [-0.15, -0.1) is 11.3 Å². The van der Waals surface area contributed by atoms with Gasteiger partial charge in [0.25, 0.3) is 0 Å². The number of carbonyl (C=O) groups is 1. The Kier molecular flexibility index (Phi) is 4.58. The van der Waals surface area contributed by atoms with Crippen molar-refractivity contribution in [3.8, 4) is 0 Å². The molecule has 1 aromatic heterocycles. The van der Waals surface area contributed by atoms with Gasteiger partial charge in [-0.05, 0) is 43.0 Å². The van der Waals surface area contributed by atoms with Crippen molar-refractivity contribution in [3.63, 3.8) is 0 Å². The van der Waals surface area contributed by atoms with Crippen molar-refractivity contribution < 1.29 is 4.79 Å². The van der Waals surface area contributed by atoms with E-state index in [1.165, 1.54) is 10.4 Å². The van der Waals surface area contributed by atoms with Crippen LogP contribution in [0, 0.1) is 0 Å². The van der Waals surface area contributed by atoms with Gasteiger partial charge in [-0.1, -0.05) is 29.8 Å². The van der Waals surface area contributed by atoms with E-state index in [4.69, 9.17) is 11.6 Å². The number of halogens is 1. The molecular weight excluding hydrogens is 304 g/mol. The third kappa shape index (κ3) is 3.64. The topological polar surface area (TPSA) is 41.1 Å². The summed E-state index contributed by atoms with van der Waals surface area (Å²) in [4.78, 5) is 13.5. The average Bonchev–Trinajstić information content (AvgIpc) is 2.81. The van der Waals surface area contributed by atoms with Gasteiger partial charge in [0.05, 0.1) is 10.4 Å². The molecule has 0 saturated carbocycles. The molecule has 3 rings (SSSR count). The maximum Gasteiger partial charge on any atom is 0.241 e. The summed E-state index contributed by atoms with van der Waals surface area (Å²) in [6, 6.07) is 11.8. The number of para-hydroxylation sites is 1. The molecular formula is C16H17ClN2OS. The number of rotatable bonds is 4. The summed E-state index contributed by atoms with van der Waals surface area (Å²) in [6.45, 7) is 0.783. The van der Waals surface area contributed by atoms with Gasteiger partial charge in [-0.2, -0.15) is 0 Å². The van der Waals surface area contributed by atoms with Crippen LogP contribution in [0.2, 0.25) is 4.34 Å². The summed E-state index contributed by atoms with van der Waals surface area (Å²) in [7, 11) is 0. The lowest BCUT2D eigenvalue weighted by Crippen LogP contribution is -2.40. The highest BCUT2D eigenvalue weighted by Gasteiger charge is 2.22. The van der Waals surface area contributed by atoms with Crippen molar-refractivity contribution in [1.82, 2.24) is 5.32 Å². The van der Waals surface area contributed by atoms with E-state index in [1.54, 1.807) is 11.3 Å². The molecule has 21 heavy (non-hydrogen) atoms. The van der Waals surface area contributed by atoms with Crippen LogP contribution in [-0.2, 0) is 17.6 Å². The summed E-state index contributed by atoms with van der Waals surface area (Å²) in [5, 5.41) is 6.36. The normalized spacial score (nSPS) is 18.0. The standard InChI is InChI=1S/C16H17ClN2OS/c17-15-8-6-12(21-15)9-10-18-14-7-5-11-3-1-2-4-13(11)19-16(14)20/h1-4,6,8,14,18H,5,7,9-10H2,(H,19,20). The molecule has 0 spiro atoms. The number of thiophene rings is 1. The number of carbonyl (C=O) groups excluding carboxylic acids is 1. The zero-order valence-corrected chi connectivity index (χ0v) is 13.1. The molecule has 110 valence electrons. The van der Waals surface area contributed by atoms with Gasteiger partial charge in [0.1, 0.15) is 0 Å². The predicted octanol–water partition coefficient (Wildman–Crippen LogP) is 3.49. The Balaban J connectivity index is 1.56. The van der Waals surface area contributed by atoms with Crippen molar-refractivity contribution >= 4 is 34.5 Å². The molecule has 3 nitrogen and oxygen atoms in total. The highest BCUT2D eigenvalue weighted by Crippen LogP contribution is 2.23. The quantitative estimate of drug-likeness (QED) is 0.905. The molecule has 1 amide bonds. The number of amides is 1. The smallest absolute Gasteiger partial charge is 0.241 e. The second kappa shape index (κ2) is 6.60. The van der Waals surface area contributed by atoms with Crippen LogP contribution in [-0.4, -0.2) is 18.5 Å². The van der Waals surface area contributed by atoms with Crippen LogP contribution in [0.4, 0.5) is 5.69 Å². The van der Waals surface area contributed by atoms with Gasteiger partial charge in [0, 0.05) is 17.1 Å². The fourth-order valence-electron chi connectivity index (χ4n) is 2.56. The van der Waals surface area contributed by atoms with Crippen molar-refractivity contribution in [2.75, 3.05) is 11.9 Å². The van der Waals surface area contributed by atoms with E-state index in [1.807, 2.05) is 30.3 Å². The van der Waals surface area contributed by atoms with Crippen molar-refractivity contribution in [2.45, 2.75) is 25.3 Å². The fourth-order valence-corrected chi connectivity index (χ4v) is 3.65. The Bertz CT molecular complexity index is 641. The summed E-state index contributed by atoms with van der Waals surface area (Å²) in [5.74, 6) is 0.0594. The maximum atomic E-state index is 12.2. The first-order chi connectivity index (χ1) is 10.2. The Morgan fingerprint density at radius 3 is 2.95 bits per heavy atom. The molecule has 0 saturated heterocycles. The fraction of sp³-hybridized carbons (Fsp3) is 0.312. The van der Waals surface area contributed by atoms with Crippen LogP contribution in [0.15, 0.2) is 36.4 Å². The maximum absolute atomic E-state index is 12.2. The third-order valence-electron chi connectivity index (χ3n) is 3.69. The lowest BCUT2D eigenvalue weighted by atomic mass is 10.1. The number of benzene rings is 1. The van der Waals surface area contributed by atoms with Crippen LogP contribution in [0.25, 0.3) is 0 Å². The summed E-state index contributed by atoms with van der Waals surface area (Å²) in [5.41, 5.74) is 2.15. The van der Waals surface area contributed by atoms with Gasteiger partial charge in [0.2, 0.25) is 5.91 Å². The van der Waals surface area contributed by atoms with E-state index in [2.05, 4.69) is 16.7 Å². The molecule has 5 heteroatoms. The molecule has 0 radical (unpaired) electrons. The summed E-state index contributed by atoms with van der Waals surface area (Å²) in [6.07, 6.45) is 2.64. The Hall–Kier alpha value is -1.36. The van der Waals surface area contributed by atoms with Crippen LogP contribution in [0.5, 0.6) is 0 Å². The summed E-state index contributed by atoms with van der Waals surface area (Å²) >= 11 is 7.51. The highest BCUT2D eigenvalue weighted by molar-refractivity contribution is 7.16. The van der Waals surface area contributed by atoms with Crippen molar-refractivity contribution in [2.24, 2.45) is 0 Å². The Labute approximate surface area is 133 Å². The minimum Gasteiger partial charge on any atom is -0.324 e. The van der Waals surface area contributed by atoms with Gasteiger partial charge < -0.3 is 10.6 Å². The molecule has 1 unspecified atom stereocenters. The Morgan fingerprint density at radius 1 is 1.29 bits per heavy atom. The number of anilines is 1. The highest BCUT2D eigenvalue weighted by atomic mass is 35.5. The van der Waals surface area contributed by atoms with E-state index in [0.29, 0.717) is 0 Å². The van der Waals surface area contributed by atoms with Crippen LogP contribution in [0.3, 0.4) is 0 Å². The van der Waals surface area contributed by atoms with Gasteiger partial charge in [-0.25, -0.2) is 0 Å². The molecule has 0 aliphatic carbocycles. The van der Waals surface area contributed by atoms with E-state index in [0.717, 1.165) is 35.8 Å². The number of hydrogen-bond donors (Lipinski definition) is 2. The number of nitrogens with one attached hydrogen (secondary N) is 2. The van der Waals surface area contributed by atoms with Crippen LogP contribution in [0.1, 0.15) is 16.9 Å². The second-order valence-corrected chi connectivity index (χ2v) is 6.95. The van der Waals surface area contributed by atoms with E-state index in [-0.39, 0.29) is 11.9 Å². The van der Waals surface area contributed by atoms with E-state index in [9.17, 15) is 4.79 Å². The first kappa shape index (κ1) is 14.6. The molecule has 1 aliphatic rings. The lowest BCUT2D eigenvalue weighted by Gasteiger charge is -2.14. The average molecular weight is 321 g/mol. The third-order valence-corrected chi connectivity index (χ3v) is 4.98. The van der Waals surface area contributed by atoms with Gasteiger partial charge in [-0.3, -0.25) is 4.79 Å². The molecule has 1 aliphatic heterocycles. The second-order valence-electron chi connectivity index (χ2n) is 5.15. The Morgan fingerprint density at radius 2 is 2.14 bits per heavy atom. The number of aryl methyl sites for hydroxylation is 1. The van der Waals surface area contributed by atoms with Crippen LogP contribution >= 0.6 is 22.9 Å². The van der Waals surface area contributed by atoms with E-state index < -0.39 is 0 Å². The molecule has 1 atom stereocenters. The number of hydrogen-bond acceptors (Lipinski definition) is 3. The zero-order chi connectivity index (χ0) is 14.7. The minimum atomic E-state index is -0.132. The number of fused-ring (bicyclic) bond motifs is 1. The molecule has 0 fully saturated rings. The van der Waals surface area contributed by atoms with Crippen molar-refractivity contribution in [3.05, 3.63) is 51.2 Å². The summed E-state index contributed by atoms with van der Waals surface area (Å²) < 4.78 is 0.813.